The minimum absolute atomic E-state index is 0.260. The van der Waals surface area contributed by atoms with E-state index in [1.807, 2.05) is 12.1 Å². The Morgan fingerprint density at radius 3 is 1.54 bits per heavy atom. The molecular weight excluding hydrogens is 324 g/mol. The van der Waals surface area contributed by atoms with Gasteiger partial charge in [0, 0.05) is 11.5 Å². The van der Waals surface area contributed by atoms with Crippen molar-refractivity contribution < 1.29 is 19.1 Å². The van der Waals surface area contributed by atoms with Crippen LogP contribution in [0.2, 0.25) is 0 Å². The first-order chi connectivity index (χ1) is 11.7. The minimum atomic E-state index is -0.346. The van der Waals surface area contributed by atoms with Crippen molar-refractivity contribution in [2.24, 2.45) is 5.41 Å². The highest BCUT2D eigenvalue weighted by atomic mass is 32.2. The molecule has 0 saturated carbocycles. The van der Waals surface area contributed by atoms with E-state index < -0.39 is 0 Å². The maximum Gasteiger partial charge on any atom is 0.338 e. The average Bonchev–Trinajstić information content (AvgIpc) is 2.61. The first-order valence-electron chi connectivity index (χ1n) is 7.71. The predicted octanol–water partition coefficient (Wildman–Crippen LogP) is 3.43. The van der Waals surface area contributed by atoms with Gasteiger partial charge in [0.15, 0.2) is 0 Å². The van der Waals surface area contributed by atoms with Gasteiger partial charge < -0.3 is 9.47 Å². The minimum Gasteiger partial charge on any atom is -0.461 e. The quantitative estimate of drug-likeness (QED) is 0.753. The summed E-state index contributed by atoms with van der Waals surface area (Å²) in [4.78, 5) is 24.1. The Morgan fingerprint density at radius 1 is 0.792 bits per heavy atom. The van der Waals surface area contributed by atoms with Crippen LogP contribution in [0.1, 0.15) is 20.7 Å². The zero-order valence-corrected chi connectivity index (χ0v) is 14.0. The van der Waals surface area contributed by atoms with Crippen molar-refractivity contribution in [3.63, 3.8) is 0 Å². The molecule has 0 aromatic heterocycles. The fraction of sp³-hybridized carbons (Fsp3) is 0.263. The van der Waals surface area contributed by atoms with Crippen molar-refractivity contribution in [2.75, 3.05) is 24.7 Å². The number of thioether (sulfide) groups is 1. The molecule has 3 rings (SSSR count). The molecule has 124 valence electrons. The van der Waals surface area contributed by atoms with Gasteiger partial charge in [0.1, 0.15) is 13.2 Å². The van der Waals surface area contributed by atoms with Crippen LogP contribution in [-0.4, -0.2) is 36.7 Å². The summed E-state index contributed by atoms with van der Waals surface area (Å²) in [6, 6.07) is 17.8. The number of hydrogen-bond donors (Lipinski definition) is 0. The SMILES string of the molecule is O=C(OCC1(COC(=O)c2ccccc2)CSC1)c1ccccc1. The maximum absolute atomic E-state index is 12.1. The number of esters is 2. The van der Waals surface area contributed by atoms with Gasteiger partial charge in [-0.3, -0.25) is 0 Å². The maximum atomic E-state index is 12.1. The predicted molar refractivity (Wildman–Crippen MR) is 93.2 cm³/mol. The summed E-state index contributed by atoms with van der Waals surface area (Å²) < 4.78 is 10.9. The number of rotatable bonds is 6. The molecule has 2 aromatic rings. The number of carbonyl (C=O) groups is 2. The molecule has 0 aliphatic carbocycles. The Balaban J connectivity index is 1.53. The monoisotopic (exact) mass is 342 g/mol. The van der Waals surface area contributed by atoms with Crippen LogP contribution < -0.4 is 0 Å². The van der Waals surface area contributed by atoms with E-state index in [1.54, 1.807) is 60.3 Å². The van der Waals surface area contributed by atoms with E-state index in [2.05, 4.69) is 0 Å². The number of benzene rings is 2. The topological polar surface area (TPSA) is 52.6 Å². The third-order valence-electron chi connectivity index (χ3n) is 3.85. The molecule has 5 heteroatoms. The molecule has 2 aromatic carbocycles. The van der Waals surface area contributed by atoms with Gasteiger partial charge in [0.25, 0.3) is 0 Å². The molecule has 0 amide bonds. The van der Waals surface area contributed by atoms with Gasteiger partial charge >= 0.3 is 11.9 Å². The van der Waals surface area contributed by atoms with Crippen molar-refractivity contribution in [3.05, 3.63) is 71.8 Å². The second-order valence-corrected chi connectivity index (χ2v) is 6.86. The summed E-state index contributed by atoms with van der Waals surface area (Å²) in [5.74, 6) is 0.941. The molecule has 0 atom stereocenters. The lowest BCUT2D eigenvalue weighted by Gasteiger charge is -2.39. The molecule has 0 unspecified atom stereocenters. The molecule has 0 radical (unpaired) electrons. The fourth-order valence-electron chi connectivity index (χ4n) is 2.35. The molecule has 0 spiro atoms. The van der Waals surface area contributed by atoms with E-state index in [0.29, 0.717) is 11.1 Å². The number of ether oxygens (including phenoxy) is 2. The molecule has 4 nitrogen and oxygen atoms in total. The number of carbonyl (C=O) groups excluding carboxylic acids is 2. The van der Waals surface area contributed by atoms with Crippen molar-refractivity contribution in [3.8, 4) is 0 Å². The van der Waals surface area contributed by atoms with E-state index >= 15 is 0 Å². The van der Waals surface area contributed by atoms with Crippen molar-refractivity contribution in [2.45, 2.75) is 0 Å². The Kier molecular flexibility index (Phi) is 5.20. The molecule has 24 heavy (non-hydrogen) atoms. The standard InChI is InChI=1S/C19H18O4S/c20-17(15-7-3-1-4-8-15)22-11-19(13-24-14-19)12-23-18(21)16-9-5-2-6-10-16/h1-10H,11-14H2. The molecule has 1 fully saturated rings. The molecule has 1 aliphatic rings. The van der Waals surface area contributed by atoms with Crippen LogP contribution in [-0.2, 0) is 9.47 Å². The van der Waals surface area contributed by atoms with Gasteiger partial charge in [-0.1, -0.05) is 36.4 Å². The van der Waals surface area contributed by atoms with Crippen LogP contribution in [0.15, 0.2) is 60.7 Å². The molecule has 1 heterocycles. The van der Waals surface area contributed by atoms with Crippen LogP contribution in [0.5, 0.6) is 0 Å². The lowest BCUT2D eigenvalue weighted by Crippen LogP contribution is -2.45. The fourth-order valence-corrected chi connectivity index (χ4v) is 3.47. The largest absolute Gasteiger partial charge is 0.461 e. The van der Waals surface area contributed by atoms with E-state index in [-0.39, 0.29) is 30.6 Å². The first kappa shape index (κ1) is 16.6. The zero-order chi connectivity index (χ0) is 16.8. The zero-order valence-electron chi connectivity index (χ0n) is 13.1. The highest BCUT2D eigenvalue weighted by molar-refractivity contribution is 8.00. The normalized spacial score (nSPS) is 15.2. The summed E-state index contributed by atoms with van der Waals surface area (Å²) in [6.45, 7) is 0.519. The second-order valence-electron chi connectivity index (χ2n) is 5.88. The van der Waals surface area contributed by atoms with Crippen LogP contribution in [0, 0.1) is 5.41 Å². The van der Waals surface area contributed by atoms with Gasteiger partial charge in [-0.05, 0) is 24.3 Å². The molecule has 1 aliphatic heterocycles. The van der Waals surface area contributed by atoms with Gasteiger partial charge in [0.05, 0.1) is 16.5 Å². The molecule has 0 N–H and O–H groups in total. The van der Waals surface area contributed by atoms with Gasteiger partial charge in [-0.2, -0.15) is 11.8 Å². The third kappa shape index (κ3) is 3.97. The van der Waals surface area contributed by atoms with Crippen LogP contribution in [0.25, 0.3) is 0 Å². The second kappa shape index (κ2) is 7.53. The van der Waals surface area contributed by atoms with Crippen molar-refractivity contribution in [1.82, 2.24) is 0 Å². The summed E-state index contributed by atoms with van der Waals surface area (Å²) in [6.07, 6.45) is 0. The van der Waals surface area contributed by atoms with Crippen molar-refractivity contribution in [1.29, 1.82) is 0 Å². The Bertz CT molecular complexity index is 638. The molecule has 1 saturated heterocycles. The average molecular weight is 342 g/mol. The van der Waals surface area contributed by atoms with Gasteiger partial charge in [-0.15, -0.1) is 0 Å². The van der Waals surface area contributed by atoms with Gasteiger partial charge in [0.2, 0.25) is 0 Å². The highest BCUT2D eigenvalue weighted by Gasteiger charge is 2.41. The van der Waals surface area contributed by atoms with Crippen LogP contribution in [0.4, 0.5) is 0 Å². The molecular formula is C19H18O4S. The number of hydrogen-bond acceptors (Lipinski definition) is 5. The van der Waals surface area contributed by atoms with Crippen molar-refractivity contribution >= 4 is 23.7 Å². The first-order valence-corrected chi connectivity index (χ1v) is 8.86. The summed E-state index contributed by atoms with van der Waals surface area (Å²) in [5, 5.41) is 0. The molecule has 0 bridgehead atoms. The summed E-state index contributed by atoms with van der Waals surface area (Å²) >= 11 is 1.76. The van der Waals surface area contributed by atoms with E-state index in [0.717, 1.165) is 11.5 Å². The Labute approximate surface area is 145 Å². The van der Waals surface area contributed by atoms with Crippen LogP contribution in [0.3, 0.4) is 0 Å². The lowest BCUT2D eigenvalue weighted by molar-refractivity contribution is 0.00587. The highest BCUT2D eigenvalue weighted by Crippen LogP contribution is 2.38. The Hall–Kier alpha value is -2.27. The van der Waals surface area contributed by atoms with E-state index in [4.69, 9.17) is 9.47 Å². The summed E-state index contributed by atoms with van der Waals surface area (Å²) in [5.41, 5.74) is 0.779. The smallest absolute Gasteiger partial charge is 0.338 e. The van der Waals surface area contributed by atoms with Crippen LogP contribution >= 0.6 is 11.8 Å². The van der Waals surface area contributed by atoms with E-state index in [9.17, 15) is 9.59 Å². The van der Waals surface area contributed by atoms with Gasteiger partial charge in [-0.25, -0.2) is 9.59 Å². The third-order valence-corrected chi connectivity index (χ3v) is 5.49. The Morgan fingerprint density at radius 2 is 1.21 bits per heavy atom. The summed E-state index contributed by atoms with van der Waals surface area (Å²) in [7, 11) is 0. The lowest BCUT2D eigenvalue weighted by atomic mass is 9.94. The van der Waals surface area contributed by atoms with E-state index in [1.165, 1.54) is 0 Å².